The molecule has 0 saturated heterocycles. The molecule has 3 unspecified atom stereocenters. The summed E-state index contributed by atoms with van der Waals surface area (Å²) in [5.74, 6) is 1.56. The van der Waals surface area contributed by atoms with E-state index in [-0.39, 0.29) is 0 Å². The highest BCUT2D eigenvalue weighted by Crippen LogP contribution is 2.37. The van der Waals surface area contributed by atoms with Gasteiger partial charge in [0.05, 0.1) is 0 Å². The van der Waals surface area contributed by atoms with Crippen molar-refractivity contribution in [3.05, 3.63) is 16.7 Å². The topological polar surface area (TPSA) is 20.7 Å². The molecule has 3 atom stereocenters. The lowest BCUT2D eigenvalue weighted by molar-refractivity contribution is 0.185. The Kier molecular flexibility index (Phi) is 3.01. The van der Waals surface area contributed by atoms with E-state index in [0.29, 0.717) is 6.04 Å². The van der Waals surface area contributed by atoms with Gasteiger partial charge in [-0.2, -0.15) is 0 Å². The van der Waals surface area contributed by atoms with E-state index in [1.807, 2.05) is 0 Å². The van der Waals surface area contributed by atoms with E-state index in [4.69, 9.17) is 12.2 Å². The van der Waals surface area contributed by atoms with Gasteiger partial charge < -0.3 is 9.55 Å². The minimum Gasteiger partial charge on any atom is -0.335 e. The van der Waals surface area contributed by atoms with E-state index in [2.05, 4.69) is 36.5 Å². The van der Waals surface area contributed by atoms with Crippen molar-refractivity contribution < 1.29 is 0 Å². The van der Waals surface area contributed by atoms with Crippen molar-refractivity contribution in [3.8, 4) is 0 Å². The second-order valence-electron chi connectivity index (χ2n) is 4.98. The van der Waals surface area contributed by atoms with Crippen molar-refractivity contribution in [2.24, 2.45) is 11.8 Å². The molecule has 0 bridgehead atoms. The van der Waals surface area contributed by atoms with Crippen LogP contribution in [0.2, 0.25) is 0 Å². The van der Waals surface area contributed by atoms with E-state index in [0.717, 1.165) is 16.6 Å². The van der Waals surface area contributed by atoms with Gasteiger partial charge in [0.15, 0.2) is 4.77 Å². The van der Waals surface area contributed by atoms with Crippen LogP contribution in [0.25, 0.3) is 0 Å². The van der Waals surface area contributed by atoms with Crippen molar-refractivity contribution in [1.29, 1.82) is 0 Å². The summed E-state index contributed by atoms with van der Waals surface area (Å²) in [6.07, 6.45) is 6.15. The zero-order valence-electron chi connectivity index (χ0n) is 9.79. The number of rotatable bonds is 1. The predicted octanol–water partition coefficient (Wildman–Crippen LogP) is 3.85. The molecule has 1 heterocycles. The van der Waals surface area contributed by atoms with Gasteiger partial charge in [-0.1, -0.05) is 26.7 Å². The summed E-state index contributed by atoms with van der Waals surface area (Å²) >= 11 is 5.35. The highest BCUT2D eigenvalue weighted by molar-refractivity contribution is 7.71. The Morgan fingerprint density at radius 1 is 1.40 bits per heavy atom. The largest absolute Gasteiger partial charge is 0.335 e. The second-order valence-corrected chi connectivity index (χ2v) is 5.37. The average molecular weight is 224 g/mol. The fraction of sp³-hybridized carbons (Fsp3) is 0.750. The van der Waals surface area contributed by atoms with E-state index in [9.17, 15) is 0 Å². The van der Waals surface area contributed by atoms with Crippen LogP contribution in [0.1, 0.15) is 44.8 Å². The molecule has 2 nitrogen and oxygen atoms in total. The molecular weight excluding hydrogens is 204 g/mol. The van der Waals surface area contributed by atoms with Crippen LogP contribution in [0.5, 0.6) is 0 Å². The molecule has 1 fully saturated rings. The van der Waals surface area contributed by atoms with Gasteiger partial charge in [0.25, 0.3) is 0 Å². The molecule has 1 aromatic heterocycles. The molecule has 0 amide bonds. The lowest BCUT2D eigenvalue weighted by Crippen LogP contribution is -2.26. The first-order valence-electron chi connectivity index (χ1n) is 5.87. The maximum atomic E-state index is 5.35. The molecule has 0 radical (unpaired) electrons. The molecule has 0 spiro atoms. The number of aryl methyl sites for hydroxylation is 1. The zero-order valence-corrected chi connectivity index (χ0v) is 10.6. The van der Waals surface area contributed by atoms with Crippen LogP contribution in [0.4, 0.5) is 0 Å². The number of H-pyrrole nitrogens is 1. The Hall–Kier alpha value is -0.570. The molecule has 2 rings (SSSR count). The maximum absolute atomic E-state index is 5.35. The van der Waals surface area contributed by atoms with E-state index in [1.54, 1.807) is 0 Å². The molecule has 15 heavy (non-hydrogen) atoms. The van der Waals surface area contributed by atoms with Crippen molar-refractivity contribution in [2.75, 3.05) is 0 Å². The maximum Gasteiger partial charge on any atom is 0.177 e. The number of aromatic amines is 1. The van der Waals surface area contributed by atoms with Gasteiger partial charge in [0, 0.05) is 17.9 Å². The monoisotopic (exact) mass is 224 g/mol. The number of hydrogen-bond donors (Lipinski definition) is 1. The molecule has 1 aromatic rings. The summed E-state index contributed by atoms with van der Waals surface area (Å²) in [6, 6.07) is 0.603. The van der Waals surface area contributed by atoms with Gasteiger partial charge in [-0.3, -0.25) is 0 Å². The van der Waals surface area contributed by atoms with Gasteiger partial charge in [-0.25, -0.2) is 0 Å². The minimum atomic E-state index is 0.603. The van der Waals surface area contributed by atoms with Crippen LogP contribution in [0, 0.1) is 23.5 Å². The first-order chi connectivity index (χ1) is 7.09. The number of hydrogen-bond acceptors (Lipinski definition) is 1. The smallest absolute Gasteiger partial charge is 0.177 e. The van der Waals surface area contributed by atoms with Crippen molar-refractivity contribution >= 4 is 12.2 Å². The van der Waals surface area contributed by atoms with Gasteiger partial charge in [0.1, 0.15) is 0 Å². The summed E-state index contributed by atoms with van der Waals surface area (Å²) in [7, 11) is 0. The van der Waals surface area contributed by atoms with Gasteiger partial charge in [-0.15, -0.1) is 0 Å². The van der Waals surface area contributed by atoms with Gasteiger partial charge in [0.2, 0.25) is 0 Å². The first kappa shape index (κ1) is 10.9. The van der Waals surface area contributed by atoms with Gasteiger partial charge >= 0.3 is 0 Å². The number of aromatic nitrogens is 2. The van der Waals surface area contributed by atoms with Crippen molar-refractivity contribution in [1.82, 2.24) is 9.55 Å². The third-order valence-electron chi connectivity index (χ3n) is 3.89. The molecule has 0 aromatic carbocycles. The van der Waals surface area contributed by atoms with Crippen LogP contribution in [0.3, 0.4) is 0 Å². The average Bonchev–Trinajstić information content (AvgIpc) is 2.50. The zero-order chi connectivity index (χ0) is 11.0. The normalized spacial score (nSPS) is 31.8. The fourth-order valence-corrected chi connectivity index (χ4v) is 3.07. The molecule has 0 aliphatic heterocycles. The fourth-order valence-electron chi connectivity index (χ4n) is 2.73. The molecule has 3 heteroatoms. The van der Waals surface area contributed by atoms with Gasteiger partial charge in [-0.05, 0) is 37.4 Å². The Balaban J connectivity index is 2.30. The Labute approximate surface area is 96.7 Å². The van der Waals surface area contributed by atoms with Crippen LogP contribution < -0.4 is 0 Å². The third-order valence-corrected chi connectivity index (χ3v) is 4.21. The minimum absolute atomic E-state index is 0.603. The molecule has 1 aliphatic carbocycles. The lowest BCUT2D eigenvalue weighted by atomic mass is 9.78. The Bertz CT molecular complexity index is 391. The van der Waals surface area contributed by atoms with Crippen molar-refractivity contribution in [3.63, 3.8) is 0 Å². The Morgan fingerprint density at radius 3 is 2.73 bits per heavy atom. The quantitative estimate of drug-likeness (QED) is 0.719. The summed E-state index contributed by atoms with van der Waals surface area (Å²) < 4.78 is 3.16. The summed E-state index contributed by atoms with van der Waals surface area (Å²) in [4.78, 5) is 3.22. The SMILES string of the molecule is Cc1cn(C2CCCC(C)C2C)c(=S)[nH]1. The molecule has 1 N–H and O–H groups in total. The number of imidazole rings is 1. The van der Waals surface area contributed by atoms with E-state index in [1.165, 1.54) is 25.0 Å². The Morgan fingerprint density at radius 2 is 2.13 bits per heavy atom. The lowest BCUT2D eigenvalue weighted by Gasteiger charge is -2.34. The highest BCUT2D eigenvalue weighted by Gasteiger charge is 2.28. The molecule has 84 valence electrons. The van der Waals surface area contributed by atoms with E-state index < -0.39 is 0 Å². The number of nitrogens with one attached hydrogen (secondary N) is 1. The van der Waals surface area contributed by atoms with Crippen LogP contribution in [0.15, 0.2) is 6.20 Å². The third kappa shape index (κ3) is 2.03. The number of nitrogens with zero attached hydrogens (tertiary/aromatic N) is 1. The van der Waals surface area contributed by atoms with Crippen LogP contribution >= 0.6 is 12.2 Å². The van der Waals surface area contributed by atoms with E-state index >= 15 is 0 Å². The predicted molar refractivity (Wildman–Crippen MR) is 65.6 cm³/mol. The molecule has 1 aliphatic rings. The molecule has 1 saturated carbocycles. The second kappa shape index (κ2) is 4.12. The van der Waals surface area contributed by atoms with Crippen LogP contribution in [-0.4, -0.2) is 9.55 Å². The summed E-state index contributed by atoms with van der Waals surface area (Å²) in [6.45, 7) is 6.79. The highest BCUT2D eigenvalue weighted by atomic mass is 32.1. The van der Waals surface area contributed by atoms with Crippen molar-refractivity contribution in [2.45, 2.75) is 46.1 Å². The van der Waals surface area contributed by atoms with Crippen LogP contribution in [-0.2, 0) is 0 Å². The standard InChI is InChI=1S/C12H20N2S/c1-8-5-4-6-11(10(8)3)14-7-9(2)13-12(14)15/h7-8,10-11H,4-6H2,1-3H3,(H,13,15). The molecular formula is C12H20N2S. The summed E-state index contributed by atoms with van der Waals surface area (Å²) in [5.41, 5.74) is 1.17. The summed E-state index contributed by atoms with van der Waals surface area (Å²) in [5, 5.41) is 0. The first-order valence-corrected chi connectivity index (χ1v) is 6.28.